The largest absolute Gasteiger partial charge is 0.379 e. The van der Waals surface area contributed by atoms with E-state index < -0.39 is 15.8 Å². The molecule has 0 radical (unpaired) electrons. The van der Waals surface area contributed by atoms with Crippen LogP contribution < -0.4 is 5.32 Å². The zero-order chi connectivity index (χ0) is 20.7. The van der Waals surface area contributed by atoms with Gasteiger partial charge in [-0.1, -0.05) is 19.3 Å². The summed E-state index contributed by atoms with van der Waals surface area (Å²) < 4.78 is 46.3. The van der Waals surface area contributed by atoms with Gasteiger partial charge in [0.15, 0.2) is 0 Å². The lowest BCUT2D eigenvalue weighted by Crippen LogP contribution is -2.48. The van der Waals surface area contributed by atoms with Gasteiger partial charge in [-0.2, -0.15) is 4.31 Å². The van der Waals surface area contributed by atoms with Crippen molar-refractivity contribution in [2.75, 3.05) is 45.9 Å². The summed E-state index contributed by atoms with van der Waals surface area (Å²) in [5.41, 5.74) is 0. The molecule has 1 aromatic rings. The SMILES string of the molecule is O=C(CN(C1CCCCC1)S(=O)(=O)c1ccc(F)cc1)NCCN1CCOCC1. The maximum absolute atomic E-state index is 13.2. The van der Waals surface area contributed by atoms with Crippen molar-refractivity contribution in [2.45, 2.75) is 43.0 Å². The molecule has 1 saturated carbocycles. The average Bonchev–Trinajstić information content (AvgIpc) is 2.73. The molecule has 0 spiro atoms. The number of carbonyl (C=O) groups is 1. The Morgan fingerprint density at radius 2 is 1.79 bits per heavy atom. The van der Waals surface area contributed by atoms with Gasteiger partial charge in [0.05, 0.1) is 24.7 Å². The van der Waals surface area contributed by atoms with E-state index in [4.69, 9.17) is 4.74 Å². The van der Waals surface area contributed by atoms with E-state index in [2.05, 4.69) is 10.2 Å². The summed E-state index contributed by atoms with van der Waals surface area (Å²) >= 11 is 0. The van der Waals surface area contributed by atoms with Gasteiger partial charge < -0.3 is 10.1 Å². The minimum Gasteiger partial charge on any atom is -0.379 e. The third kappa shape index (κ3) is 6.21. The highest BCUT2D eigenvalue weighted by Gasteiger charge is 2.34. The van der Waals surface area contributed by atoms with Crippen LogP contribution in [0.1, 0.15) is 32.1 Å². The molecule has 3 rings (SSSR count). The van der Waals surface area contributed by atoms with E-state index in [0.29, 0.717) is 26.3 Å². The highest BCUT2D eigenvalue weighted by Crippen LogP contribution is 2.27. The smallest absolute Gasteiger partial charge is 0.243 e. The van der Waals surface area contributed by atoms with Crippen LogP contribution in [-0.2, 0) is 19.6 Å². The Morgan fingerprint density at radius 3 is 2.45 bits per heavy atom. The number of morpholine rings is 1. The first-order valence-electron chi connectivity index (χ1n) is 10.3. The minimum absolute atomic E-state index is 0.0191. The maximum Gasteiger partial charge on any atom is 0.243 e. The first kappa shape index (κ1) is 22.1. The van der Waals surface area contributed by atoms with Crippen molar-refractivity contribution in [3.8, 4) is 0 Å². The molecule has 0 unspecified atom stereocenters. The highest BCUT2D eigenvalue weighted by atomic mass is 32.2. The van der Waals surface area contributed by atoms with Crippen LogP contribution in [0.2, 0.25) is 0 Å². The van der Waals surface area contributed by atoms with Crippen molar-refractivity contribution >= 4 is 15.9 Å². The molecule has 29 heavy (non-hydrogen) atoms. The summed E-state index contributed by atoms with van der Waals surface area (Å²) in [6.07, 6.45) is 4.44. The summed E-state index contributed by atoms with van der Waals surface area (Å²) in [5, 5.41) is 2.84. The minimum atomic E-state index is -3.88. The van der Waals surface area contributed by atoms with Crippen molar-refractivity contribution in [3.05, 3.63) is 30.1 Å². The third-order valence-corrected chi connectivity index (χ3v) is 7.47. The Morgan fingerprint density at radius 1 is 1.14 bits per heavy atom. The molecule has 0 aromatic heterocycles. The molecule has 1 heterocycles. The molecule has 7 nitrogen and oxygen atoms in total. The predicted octanol–water partition coefficient (Wildman–Crippen LogP) is 1.60. The standard InChI is InChI=1S/C20H30FN3O4S/c21-17-6-8-19(9-7-17)29(26,27)24(18-4-2-1-3-5-18)16-20(25)22-10-11-23-12-14-28-15-13-23/h6-9,18H,1-5,10-16H2,(H,22,25). The van der Waals surface area contributed by atoms with Gasteiger partial charge in [0.1, 0.15) is 5.82 Å². The molecule has 162 valence electrons. The first-order valence-corrected chi connectivity index (χ1v) is 11.7. The van der Waals surface area contributed by atoms with Crippen molar-refractivity contribution in [1.29, 1.82) is 0 Å². The molecule has 0 atom stereocenters. The fraction of sp³-hybridized carbons (Fsp3) is 0.650. The normalized spacial score (nSPS) is 19.4. The van der Waals surface area contributed by atoms with Gasteiger partial charge in [0.2, 0.25) is 15.9 Å². The molecule has 1 amide bonds. The summed E-state index contributed by atoms with van der Waals surface area (Å²) in [7, 11) is -3.88. The highest BCUT2D eigenvalue weighted by molar-refractivity contribution is 7.89. The van der Waals surface area contributed by atoms with E-state index in [1.807, 2.05) is 0 Å². The fourth-order valence-electron chi connectivity index (χ4n) is 3.90. The maximum atomic E-state index is 13.2. The number of hydrogen-bond donors (Lipinski definition) is 1. The van der Waals surface area contributed by atoms with Gasteiger partial charge in [-0.3, -0.25) is 9.69 Å². The monoisotopic (exact) mass is 427 g/mol. The van der Waals surface area contributed by atoms with Crippen molar-refractivity contribution < 1.29 is 22.3 Å². The third-order valence-electron chi connectivity index (χ3n) is 5.56. The molecule has 9 heteroatoms. The fourth-order valence-corrected chi connectivity index (χ4v) is 5.54. The lowest BCUT2D eigenvalue weighted by atomic mass is 9.95. The molecule has 1 aliphatic carbocycles. The molecule has 1 N–H and O–H groups in total. The number of amides is 1. The summed E-state index contributed by atoms with van der Waals surface area (Å²) in [4.78, 5) is 14.8. The van der Waals surface area contributed by atoms with Gasteiger partial charge in [-0.05, 0) is 37.1 Å². The van der Waals surface area contributed by atoms with E-state index in [1.54, 1.807) is 0 Å². The van der Waals surface area contributed by atoms with Crippen molar-refractivity contribution in [2.24, 2.45) is 0 Å². The van der Waals surface area contributed by atoms with E-state index in [-0.39, 0.29) is 23.4 Å². The molecule has 2 fully saturated rings. The average molecular weight is 428 g/mol. The van der Waals surface area contributed by atoms with Crippen LogP contribution in [0.4, 0.5) is 4.39 Å². The lowest BCUT2D eigenvalue weighted by molar-refractivity contribution is -0.121. The molecule has 2 aliphatic rings. The second kappa shape index (κ2) is 10.5. The number of halogens is 1. The summed E-state index contributed by atoms with van der Waals surface area (Å²) in [6, 6.07) is 4.58. The zero-order valence-electron chi connectivity index (χ0n) is 16.7. The van der Waals surface area contributed by atoms with Crippen molar-refractivity contribution in [3.63, 3.8) is 0 Å². The van der Waals surface area contributed by atoms with Crippen LogP contribution in [-0.4, -0.2) is 75.5 Å². The lowest BCUT2D eigenvalue weighted by Gasteiger charge is -2.33. The molecule has 1 saturated heterocycles. The molecule has 1 aromatic carbocycles. The molecular formula is C20H30FN3O4S. The Labute approximate surface area is 172 Å². The number of carbonyl (C=O) groups excluding carboxylic acids is 1. The van der Waals surface area contributed by atoms with E-state index in [0.717, 1.165) is 57.3 Å². The van der Waals surface area contributed by atoms with Crippen LogP contribution in [0, 0.1) is 5.82 Å². The number of rotatable bonds is 8. The van der Waals surface area contributed by atoms with E-state index >= 15 is 0 Å². The number of ether oxygens (including phenoxy) is 1. The summed E-state index contributed by atoms with van der Waals surface area (Å²) in [6.45, 7) is 4.02. The topological polar surface area (TPSA) is 79.0 Å². The second-order valence-electron chi connectivity index (χ2n) is 7.60. The van der Waals surface area contributed by atoms with Crippen LogP contribution in [0.5, 0.6) is 0 Å². The van der Waals surface area contributed by atoms with Crippen molar-refractivity contribution in [1.82, 2.24) is 14.5 Å². The Bertz CT molecular complexity index is 760. The number of hydrogen-bond acceptors (Lipinski definition) is 5. The Kier molecular flexibility index (Phi) is 7.99. The second-order valence-corrected chi connectivity index (χ2v) is 9.49. The van der Waals surface area contributed by atoms with Gasteiger partial charge in [-0.15, -0.1) is 0 Å². The number of nitrogens with one attached hydrogen (secondary N) is 1. The van der Waals surface area contributed by atoms with E-state index in [1.165, 1.54) is 16.4 Å². The number of sulfonamides is 1. The van der Waals surface area contributed by atoms with Crippen LogP contribution in [0.15, 0.2) is 29.2 Å². The van der Waals surface area contributed by atoms with Gasteiger partial charge >= 0.3 is 0 Å². The first-order chi connectivity index (χ1) is 14.0. The Hall–Kier alpha value is -1.55. The molecule has 0 bridgehead atoms. The molecular weight excluding hydrogens is 397 g/mol. The quantitative estimate of drug-likeness (QED) is 0.682. The van der Waals surface area contributed by atoms with Crippen LogP contribution in [0.3, 0.4) is 0 Å². The van der Waals surface area contributed by atoms with Crippen LogP contribution in [0.25, 0.3) is 0 Å². The van der Waals surface area contributed by atoms with Crippen LogP contribution >= 0.6 is 0 Å². The van der Waals surface area contributed by atoms with Gasteiger partial charge in [0.25, 0.3) is 0 Å². The zero-order valence-corrected chi connectivity index (χ0v) is 17.5. The number of benzene rings is 1. The van der Waals surface area contributed by atoms with Gasteiger partial charge in [0, 0.05) is 32.2 Å². The molecule has 1 aliphatic heterocycles. The number of nitrogens with zero attached hydrogens (tertiary/aromatic N) is 2. The van der Waals surface area contributed by atoms with Gasteiger partial charge in [-0.25, -0.2) is 12.8 Å². The predicted molar refractivity (Wildman–Crippen MR) is 107 cm³/mol. The summed E-state index contributed by atoms with van der Waals surface area (Å²) in [5.74, 6) is -0.802. The van der Waals surface area contributed by atoms with E-state index in [9.17, 15) is 17.6 Å². The Balaban J connectivity index is 1.64.